The molecule has 0 spiro atoms. The Morgan fingerprint density at radius 1 is 1.28 bits per heavy atom. The highest BCUT2D eigenvalue weighted by Crippen LogP contribution is 2.36. The summed E-state index contributed by atoms with van der Waals surface area (Å²) in [5, 5.41) is 19.2. The molecule has 0 bridgehead atoms. The van der Waals surface area contributed by atoms with Crippen LogP contribution in [-0.2, 0) is 12.8 Å². The van der Waals surface area contributed by atoms with Gasteiger partial charge in [0.15, 0.2) is 11.5 Å². The van der Waals surface area contributed by atoms with Crippen LogP contribution in [0.3, 0.4) is 0 Å². The summed E-state index contributed by atoms with van der Waals surface area (Å²) < 4.78 is 0. The van der Waals surface area contributed by atoms with Crippen LogP contribution < -0.4 is 0 Å². The van der Waals surface area contributed by atoms with Gasteiger partial charge < -0.3 is 15.1 Å². The molecular formula is C15H25NO2. The number of rotatable bonds is 2. The van der Waals surface area contributed by atoms with Crippen molar-refractivity contribution in [2.75, 3.05) is 13.6 Å². The van der Waals surface area contributed by atoms with Crippen LogP contribution in [0.25, 0.3) is 0 Å². The fraction of sp³-hybridized carbons (Fsp3) is 0.600. The van der Waals surface area contributed by atoms with E-state index in [9.17, 15) is 10.2 Å². The van der Waals surface area contributed by atoms with E-state index in [-0.39, 0.29) is 11.5 Å². The van der Waals surface area contributed by atoms with E-state index in [2.05, 4.69) is 18.9 Å². The van der Waals surface area contributed by atoms with Crippen molar-refractivity contribution in [3.63, 3.8) is 0 Å². The van der Waals surface area contributed by atoms with Gasteiger partial charge in [-0.15, -0.1) is 0 Å². The summed E-state index contributed by atoms with van der Waals surface area (Å²) in [5.74, 6) is 0.0798. The van der Waals surface area contributed by atoms with Gasteiger partial charge in [-0.05, 0) is 44.5 Å². The number of hydrogen-bond donors (Lipinski definition) is 2. The Balaban J connectivity index is 0.000000771. The average Bonchev–Trinajstić information content (AvgIpc) is 2.44. The van der Waals surface area contributed by atoms with E-state index in [0.29, 0.717) is 6.04 Å². The third-order valence-electron chi connectivity index (χ3n) is 3.66. The molecule has 3 nitrogen and oxygen atoms in total. The van der Waals surface area contributed by atoms with Crippen LogP contribution in [0, 0.1) is 0 Å². The molecule has 0 aromatic heterocycles. The van der Waals surface area contributed by atoms with E-state index >= 15 is 0 Å². The van der Waals surface area contributed by atoms with Crippen molar-refractivity contribution in [2.24, 2.45) is 0 Å². The predicted molar refractivity (Wildman–Crippen MR) is 75.2 cm³/mol. The fourth-order valence-corrected chi connectivity index (χ4v) is 2.44. The van der Waals surface area contributed by atoms with Gasteiger partial charge in [0.2, 0.25) is 0 Å². The molecule has 18 heavy (non-hydrogen) atoms. The monoisotopic (exact) mass is 251 g/mol. The smallest absolute Gasteiger partial charge is 0.160 e. The van der Waals surface area contributed by atoms with Crippen molar-refractivity contribution in [3.8, 4) is 11.5 Å². The van der Waals surface area contributed by atoms with Crippen molar-refractivity contribution in [1.82, 2.24) is 4.90 Å². The molecule has 3 heteroatoms. The highest BCUT2D eigenvalue weighted by molar-refractivity contribution is 5.50. The lowest BCUT2D eigenvalue weighted by Gasteiger charge is -2.32. The van der Waals surface area contributed by atoms with E-state index < -0.39 is 0 Å². The molecule has 0 saturated carbocycles. The first kappa shape index (κ1) is 14.8. The molecule has 1 atom stereocenters. The number of aromatic hydroxyl groups is 2. The molecule has 1 aliphatic rings. The molecule has 0 fully saturated rings. The maximum Gasteiger partial charge on any atom is 0.160 e. The van der Waals surface area contributed by atoms with Crippen molar-refractivity contribution in [2.45, 2.75) is 46.1 Å². The molecule has 1 aliphatic carbocycles. The Hall–Kier alpha value is -1.22. The van der Waals surface area contributed by atoms with Gasteiger partial charge in [0.1, 0.15) is 0 Å². The topological polar surface area (TPSA) is 43.7 Å². The van der Waals surface area contributed by atoms with Gasteiger partial charge in [-0.3, -0.25) is 0 Å². The maximum atomic E-state index is 9.76. The Kier molecular flexibility index (Phi) is 5.48. The normalized spacial score (nSPS) is 17.9. The van der Waals surface area contributed by atoms with Crippen LogP contribution in [-0.4, -0.2) is 34.7 Å². The largest absolute Gasteiger partial charge is 0.504 e. The zero-order chi connectivity index (χ0) is 13.7. The zero-order valence-electron chi connectivity index (χ0n) is 11.9. The number of hydrogen-bond acceptors (Lipinski definition) is 3. The van der Waals surface area contributed by atoms with Crippen LogP contribution in [0.5, 0.6) is 11.5 Å². The van der Waals surface area contributed by atoms with Crippen LogP contribution in [0.1, 0.15) is 38.3 Å². The minimum absolute atomic E-state index is 0.000969. The molecule has 2 rings (SSSR count). The number of benzene rings is 1. The molecule has 102 valence electrons. The van der Waals surface area contributed by atoms with Crippen molar-refractivity contribution in [1.29, 1.82) is 0 Å². The van der Waals surface area contributed by atoms with Crippen molar-refractivity contribution >= 4 is 0 Å². The summed E-state index contributed by atoms with van der Waals surface area (Å²) in [5.41, 5.74) is 2.10. The third kappa shape index (κ3) is 2.96. The van der Waals surface area contributed by atoms with Gasteiger partial charge in [-0.2, -0.15) is 0 Å². The van der Waals surface area contributed by atoms with Crippen LogP contribution in [0.4, 0.5) is 0 Å². The number of phenolic OH excluding ortho intramolecular Hbond substituents is 2. The fourth-order valence-electron chi connectivity index (χ4n) is 2.44. The predicted octanol–water partition coefficient (Wildman–Crippen LogP) is 2.93. The molecule has 0 radical (unpaired) electrons. The highest BCUT2D eigenvalue weighted by atomic mass is 16.3. The number of phenols is 2. The summed E-state index contributed by atoms with van der Waals surface area (Å²) >= 11 is 0. The van der Waals surface area contributed by atoms with E-state index in [1.165, 1.54) is 5.56 Å². The summed E-state index contributed by atoms with van der Waals surface area (Å²) in [7, 11) is 2.13. The van der Waals surface area contributed by atoms with Gasteiger partial charge in [-0.1, -0.05) is 26.8 Å². The van der Waals surface area contributed by atoms with Gasteiger partial charge in [-0.25, -0.2) is 0 Å². The van der Waals surface area contributed by atoms with Gasteiger partial charge in [0.25, 0.3) is 0 Å². The second-order valence-electron chi connectivity index (χ2n) is 4.54. The minimum Gasteiger partial charge on any atom is -0.504 e. The van der Waals surface area contributed by atoms with E-state index in [4.69, 9.17) is 0 Å². The standard InChI is InChI=1S/C13H19NO2.C2H6/c1-3-14(2)10-5-6-11-9(8-10)4-7-12(15)13(11)16;1-2/h4,7,10,15-16H,3,5-6,8H2,1-2H3;1-2H3. The Morgan fingerprint density at radius 3 is 2.56 bits per heavy atom. The Morgan fingerprint density at radius 2 is 1.94 bits per heavy atom. The van der Waals surface area contributed by atoms with E-state index in [1.54, 1.807) is 6.07 Å². The van der Waals surface area contributed by atoms with E-state index in [0.717, 1.165) is 31.4 Å². The number of nitrogens with zero attached hydrogens (tertiary/aromatic N) is 1. The first-order chi connectivity index (χ1) is 8.63. The van der Waals surface area contributed by atoms with E-state index in [1.807, 2.05) is 19.9 Å². The van der Waals surface area contributed by atoms with Crippen molar-refractivity contribution in [3.05, 3.63) is 23.3 Å². The minimum atomic E-state index is 0.000969. The zero-order valence-corrected chi connectivity index (χ0v) is 11.9. The van der Waals surface area contributed by atoms with Crippen LogP contribution >= 0.6 is 0 Å². The first-order valence-electron chi connectivity index (χ1n) is 6.86. The molecule has 1 aromatic carbocycles. The Labute approximate surface area is 110 Å². The highest BCUT2D eigenvalue weighted by Gasteiger charge is 2.24. The molecule has 0 saturated heterocycles. The first-order valence-corrected chi connectivity index (χ1v) is 6.86. The summed E-state index contributed by atoms with van der Waals surface area (Å²) in [4.78, 5) is 2.34. The lowest BCUT2D eigenvalue weighted by atomic mass is 9.87. The summed E-state index contributed by atoms with van der Waals surface area (Å²) in [6.07, 6.45) is 2.87. The van der Waals surface area contributed by atoms with Crippen LogP contribution in [0.2, 0.25) is 0 Å². The van der Waals surface area contributed by atoms with Gasteiger partial charge in [0.05, 0.1) is 0 Å². The molecule has 1 unspecified atom stereocenters. The molecule has 0 amide bonds. The average molecular weight is 251 g/mol. The number of fused-ring (bicyclic) bond motifs is 1. The summed E-state index contributed by atoms with van der Waals surface area (Å²) in [6.45, 7) is 7.20. The SMILES string of the molecule is CC.CCN(C)C1CCc2c(ccc(O)c2O)C1. The van der Waals surface area contributed by atoms with Crippen molar-refractivity contribution < 1.29 is 10.2 Å². The molecule has 0 aliphatic heterocycles. The molecular weight excluding hydrogens is 226 g/mol. The van der Waals surface area contributed by atoms with Crippen LogP contribution in [0.15, 0.2) is 12.1 Å². The molecule has 1 aromatic rings. The Bertz CT molecular complexity index is 390. The second kappa shape index (κ2) is 6.64. The lowest BCUT2D eigenvalue weighted by molar-refractivity contribution is 0.231. The molecule has 0 heterocycles. The quantitative estimate of drug-likeness (QED) is 0.794. The molecule has 2 N–H and O–H groups in total. The summed E-state index contributed by atoms with van der Waals surface area (Å²) in [6, 6.07) is 4.07. The second-order valence-corrected chi connectivity index (χ2v) is 4.54. The number of likely N-dealkylation sites (N-methyl/N-ethyl adjacent to an activating group) is 1. The van der Waals surface area contributed by atoms with Gasteiger partial charge in [0, 0.05) is 11.6 Å². The maximum absolute atomic E-state index is 9.76. The lowest BCUT2D eigenvalue weighted by Crippen LogP contribution is -2.36. The third-order valence-corrected chi connectivity index (χ3v) is 3.66. The van der Waals surface area contributed by atoms with Gasteiger partial charge >= 0.3 is 0 Å².